The summed E-state index contributed by atoms with van der Waals surface area (Å²) < 4.78 is 5.16. The molecule has 0 unspecified atom stereocenters. The molecule has 0 fully saturated rings. The minimum atomic E-state index is -0.271. The number of hydrogen-bond acceptors (Lipinski definition) is 4. The zero-order chi connectivity index (χ0) is 18.8. The second kappa shape index (κ2) is 10.7. The van der Waals surface area contributed by atoms with Crippen LogP contribution in [0.15, 0.2) is 53.4 Å². The van der Waals surface area contributed by atoms with Gasteiger partial charge in [-0.1, -0.05) is 48.0 Å². The molecule has 4 nitrogen and oxygen atoms in total. The Labute approximate surface area is 159 Å². The van der Waals surface area contributed by atoms with Gasteiger partial charge in [0.05, 0.1) is 12.3 Å². The van der Waals surface area contributed by atoms with Crippen molar-refractivity contribution in [2.45, 2.75) is 31.6 Å². The summed E-state index contributed by atoms with van der Waals surface area (Å²) in [5.41, 5.74) is 3.50. The molecule has 26 heavy (non-hydrogen) atoms. The van der Waals surface area contributed by atoms with Gasteiger partial charge in [0.25, 0.3) is 0 Å². The lowest BCUT2D eigenvalue weighted by Crippen LogP contribution is -2.28. The lowest BCUT2D eigenvalue weighted by atomic mass is 10.1. The second-order valence-corrected chi connectivity index (χ2v) is 7.13. The van der Waals surface area contributed by atoms with Gasteiger partial charge in [0, 0.05) is 11.3 Å². The zero-order valence-corrected chi connectivity index (χ0v) is 16.1. The standard InChI is InChI=1S/C21H25NO3S/c1-16-7-9-18(10-8-16)11-12-20(23)22-13-14-25-21(24)15-26-19-6-4-3-5-17(19)2/h3-10H,11-15H2,1-2H3,(H,22,23). The first-order valence-corrected chi connectivity index (χ1v) is 9.69. The minimum absolute atomic E-state index is 0.0316. The van der Waals surface area contributed by atoms with Crippen molar-refractivity contribution < 1.29 is 14.3 Å². The number of aryl methyl sites for hydroxylation is 3. The lowest BCUT2D eigenvalue weighted by Gasteiger charge is -2.08. The summed E-state index contributed by atoms with van der Waals surface area (Å²) in [6.45, 7) is 4.59. The molecule has 2 aromatic carbocycles. The Morgan fingerprint density at radius 2 is 1.77 bits per heavy atom. The fourth-order valence-corrected chi connectivity index (χ4v) is 3.18. The van der Waals surface area contributed by atoms with E-state index in [-0.39, 0.29) is 24.2 Å². The molecule has 0 saturated heterocycles. The van der Waals surface area contributed by atoms with Crippen LogP contribution in [0, 0.1) is 13.8 Å². The normalized spacial score (nSPS) is 10.4. The molecule has 0 radical (unpaired) electrons. The van der Waals surface area contributed by atoms with Gasteiger partial charge in [-0.15, -0.1) is 11.8 Å². The quantitative estimate of drug-likeness (QED) is 0.415. The molecule has 0 aromatic heterocycles. The maximum absolute atomic E-state index is 11.8. The Balaban J connectivity index is 1.56. The molecular weight excluding hydrogens is 346 g/mol. The topological polar surface area (TPSA) is 55.4 Å². The highest BCUT2D eigenvalue weighted by Gasteiger charge is 2.07. The van der Waals surface area contributed by atoms with Gasteiger partial charge in [-0.2, -0.15) is 0 Å². The first-order valence-electron chi connectivity index (χ1n) is 8.71. The molecule has 0 aliphatic rings. The zero-order valence-electron chi connectivity index (χ0n) is 15.3. The van der Waals surface area contributed by atoms with Crippen LogP contribution in [-0.2, 0) is 20.7 Å². The smallest absolute Gasteiger partial charge is 0.316 e. The van der Waals surface area contributed by atoms with Gasteiger partial charge >= 0.3 is 5.97 Å². The van der Waals surface area contributed by atoms with Crippen LogP contribution in [0.1, 0.15) is 23.1 Å². The number of carbonyl (C=O) groups excluding carboxylic acids is 2. The first-order chi connectivity index (χ1) is 12.5. The number of ether oxygens (including phenoxy) is 1. The Morgan fingerprint density at radius 3 is 2.50 bits per heavy atom. The van der Waals surface area contributed by atoms with Crippen molar-refractivity contribution in [1.29, 1.82) is 0 Å². The van der Waals surface area contributed by atoms with E-state index in [1.165, 1.54) is 17.3 Å². The van der Waals surface area contributed by atoms with Crippen LogP contribution in [0.4, 0.5) is 0 Å². The third-order valence-corrected chi connectivity index (χ3v) is 5.04. The molecule has 2 rings (SSSR count). The van der Waals surface area contributed by atoms with Crippen LogP contribution >= 0.6 is 11.8 Å². The molecule has 5 heteroatoms. The van der Waals surface area contributed by atoms with Crippen molar-refractivity contribution in [3.05, 3.63) is 65.2 Å². The summed E-state index contributed by atoms with van der Waals surface area (Å²) in [6.07, 6.45) is 1.14. The molecule has 0 aliphatic carbocycles. The highest BCUT2D eigenvalue weighted by atomic mass is 32.2. The summed E-state index contributed by atoms with van der Waals surface area (Å²) in [7, 11) is 0. The summed E-state index contributed by atoms with van der Waals surface area (Å²) >= 11 is 1.46. The molecule has 0 spiro atoms. The molecule has 138 valence electrons. The van der Waals surface area contributed by atoms with Crippen molar-refractivity contribution >= 4 is 23.6 Å². The van der Waals surface area contributed by atoms with E-state index in [0.29, 0.717) is 19.4 Å². The van der Waals surface area contributed by atoms with Crippen LogP contribution in [0.3, 0.4) is 0 Å². The van der Waals surface area contributed by atoms with Crippen LogP contribution in [0.25, 0.3) is 0 Å². The number of rotatable bonds is 9. The molecule has 1 N–H and O–H groups in total. The van der Waals surface area contributed by atoms with Crippen molar-refractivity contribution in [1.82, 2.24) is 5.32 Å². The highest BCUT2D eigenvalue weighted by molar-refractivity contribution is 8.00. The number of carbonyl (C=O) groups is 2. The number of esters is 1. The average Bonchev–Trinajstić information content (AvgIpc) is 2.64. The number of nitrogens with one attached hydrogen (secondary N) is 1. The van der Waals surface area contributed by atoms with E-state index in [1.807, 2.05) is 62.4 Å². The molecule has 0 aliphatic heterocycles. The van der Waals surface area contributed by atoms with Gasteiger partial charge in [0.2, 0.25) is 5.91 Å². The Bertz CT molecular complexity index is 728. The van der Waals surface area contributed by atoms with Crippen molar-refractivity contribution in [2.24, 2.45) is 0 Å². The van der Waals surface area contributed by atoms with Gasteiger partial charge in [-0.05, 0) is 37.5 Å². The fourth-order valence-electron chi connectivity index (χ4n) is 2.35. The Kier molecular flexibility index (Phi) is 8.22. The third-order valence-electron chi connectivity index (χ3n) is 3.89. The predicted molar refractivity (Wildman–Crippen MR) is 105 cm³/mol. The van der Waals surface area contributed by atoms with Crippen molar-refractivity contribution in [3.63, 3.8) is 0 Å². The maximum Gasteiger partial charge on any atom is 0.316 e. The van der Waals surface area contributed by atoms with Crippen molar-refractivity contribution in [3.8, 4) is 0 Å². The fraction of sp³-hybridized carbons (Fsp3) is 0.333. The molecule has 0 atom stereocenters. The van der Waals surface area contributed by atoms with Crippen LogP contribution < -0.4 is 5.32 Å². The van der Waals surface area contributed by atoms with Crippen LogP contribution in [0.5, 0.6) is 0 Å². The maximum atomic E-state index is 11.8. The van der Waals surface area contributed by atoms with Gasteiger partial charge in [-0.3, -0.25) is 9.59 Å². The number of thioether (sulfide) groups is 1. The van der Waals surface area contributed by atoms with E-state index >= 15 is 0 Å². The minimum Gasteiger partial charge on any atom is -0.463 e. The Morgan fingerprint density at radius 1 is 1.04 bits per heavy atom. The lowest BCUT2D eigenvalue weighted by molar-refractivity contribution is -0.140. The third kappa shape index (κ3) is 7.31. The van der Waals surface area contributed by atoms with Crippen LogP contribution in [0.2, 0.25) is 0 Å². The van der Waals surface area contributed by atoms with E-state index in [4.69, 9.17) is 4.74 Å². The summed E-state index contributed by atoms with van der Waals surface area (Å²) in [6, 6.07) is 16.1. The number of hydrogen-bond donors (Lipinski definition) is 1. The molecule has 0 heterocycles. The summed E-state index contributed by atoms with van der Waals surface area (Å²) in [5, 5.41) is 2.78. The largest absolute Gasteiger partial charge is 0.463 e. The molecule has 0 saturated carbocycles. The summed E-state index contributed by atoms with van der Waals surface area (Å²) in [4.78, 5) is 24.7. The number of benzene rings is 2. The van der Waals surface area contributed by atoms with Gasteiger partial charge in [0.15, 0.2) is 0 Å². The molecule has 2 aromatic rings. The van der Waals surface area contributed by atoms with Gasteiger partial charge in [-0.25, -0.2) is 0 Å². The van der Waals surface area contributed by atoms with Gasteiger partial charge < -0.3 is 10.1 Å². The van der Waals surface area contributed by atoms with E-state index in [9.17, 15) is 9.59 Å². The highest BCUT2D eigenvalue weighted by Crippen LogP contribution is 2.21. The summed E-state index contributed by atoms with van der Waals surface area (Å²) in [5.74, 6) is -0.0327. The van der Waals surface area contributed by atoms with E-state index < -0.39 is 0 Å². The average molecular weight is 372 g/mol. The Hall–Kier alpha value is -2.27. The van der Waals surface area contributed by atoms with Crippen LogP contribution in [-0.4, -0.2) is 30.8 Å². The first kappa shape index (κ1) is 20.0. The molecular formula is C21H25NO3S. The van der Waals surface area contributed by atoms with Crippen molar-refractivity contribution in [2.75, 3.05) is 18.9 Å². The van der Waals surface area contributed by atoms with E-state index in [1.54, 1.807) is 0 Å². The van der Waals surface area contributed by atoms with Gasteiger partial charge in [0.1, 0.15) is 6.61 Å². The monoisotopic (exact) mass is 371 g/mol. The SMILES string of the molecule is Cc1ccc(CCC(=O)NCCOC(=O)CSc2ccccc2C)cc1. The van der Waals surface area contributed by atoms with E-state index in [0.717, 1.165) is 16.0 Å². The molecule has 1 amide bonds. The molecule has 0 bridgehead atoms. The number of amides is 1. The second-order valence-electron chi connectivity index (χ2n) is 6.11. The van der Waals surface area contributed by atoms with E-state index in [2.05, 4.69) is 5.32 Å². The predicted octanol–water partition coefficient (Wildman–Crippen LogP) is 3.69.